The Morgan fingerprint density at radius 2 is 2.32 bits per heavy atom. The molecule has 104 valence electrons. The lowest BCUT2D eigenvalue weighted by Crippen LogP contribution is -2.48. The molecule has 1 unspecified atom stereocenters. The van der Waals surface area contributed by atoms with Crippen molar-refractivity contribution in [1.29, 1.82) is 0 Å². The van der Waals surface area contributed by atoms with Crippen molar-refractivity contribution in [2.24, 2.45) is 0 Å². The number of piperazine rings is 1. The van der Waals surface area contributed by atoms with Crippen molar-refractivity contribution >= 4 is 34.0 Å². The Morgan fingerprint density at radius 1 is 1.47 bits per heavy atom. The zero-order chi connectivity index (χ0) is 12.5. The molecule has 19 heavy (non-hydrogen) atoms. The van der Waals surface area contributed by atoms with Gasteiger partial charge in [0.25, 0.3) is 0 Å². The standard InChI is InChI=1S/C14H19N3S.ClH/c1-10-8-17(6-5-15-10)9-12-3-4-13-14(7-12)18-11(2)16-13;/h3-4,7,10,15H,5-6,8-9H2,1-2H3;1H. The quantitative estimate of drug-likeness (QED) is 0.924. The number of nitrogens with one attached hydrogen (secondary N) is 1. The minimum atomic E-state index is 0. The van der Waals surface area contributed by atoms with Crippen molar-refractivity contribution in [2.75, 3.05) is 19.6 Å². The van der Waals surface area contributed by atoms with Crippen LogP contribution < -0.4 is 5.32 Å². The number of hydrogen-bond acceptors (Lipinski definition) is 4. The van der Waals surface area contributed by atoms with Crippen molar-refractivity contribution in [3.05, 3.63) is 28.8 Å². The molecule has 0 aliphatic carbocycles. The van der Waals surface area contributed by atoms with Crippen LogP contribution in [0.1, 0.15) is 17.5 Å². The Labute approximate surface area is 124 Å². The molecular formula is C14H20ClN3S. The summed E-state index contributed by atoms with van der Waals surface area (Å²) in [7, 11) is 0. The van der Waals surface area contributed by atoms with Crippen LogP contribution in [0.25, 0.3) is 10.2 Å². The Balaban J connectivity index is 0.00000133. The van der Waals surface area contributed by atoms with Gasteiger partial charge in [-0.2, -0.15) is 0 Å². The van der Waals surface area contributed by atoms with E-state index in [0.717, 1.165) is 36.7 Å². The second kappa shape index (κ2) is 6.18. The van der Waals surface area contributed by atoms with Gasteiger partial charge in [0.05, 0.1) is 15.2 Å². The molecule has 2 aromatic rings. The Morgan fingerprint density at radius 3 is 3.11 bits per heavy atom. The number of aromatic nitrogens is 1. The molecule has 1 fully saturated rings. The first-order valence-electron chi connectivity index (χ1n) is 6.52. The van der Waals surface area contributed by atoms with E-state index >= 15 is 0 Å². The van der Waals surface area contributed by atoms with Crippen molar-refractivity contribution in [3.63, 3.8) is 0 Å². The smallest absolute Gasteiger partial charge is 0.0907 e. The molecule has 3 rings (SSSR count). The number of thiazole rings is 1. The van der Waals surface area contributed by atoms with Crippen LogP contribution >= 0.6 is 23.7 Å². The summed E-state index contributed by atoms with van der Waals surface area (Å²) in [5, 5.41) is 4.63. The van der Waals surface area contributed by atoms with Crippen LogP contribution in [-0.4, -0.2) is 35.6 Å². The van der Waals surface area contributed by atoms with Gasteiger partial charge < -0.3 is 5.32 Å². The Bertz CT molecular complexity index is 555. The molecule has 1 atom stereocenters. The maximum atomic E-state index is 4.51. The van der Waals surface area contributed by atoms with Crippen molar-refractivity contribution in [2.45, 2.75) is 26.4 Å². The average Bonchev–Trinajstić information content (AvgIpc) is 2.68. The summed E-state index contributed by atoms with van der Waals surface area (Å²) in [5.74, 6) is 0. The van der Waals surface area contributed by atoms with E-state index in [2.05, 4.69) is 47.2 Å². The maximum absolute atomic E-state index is 4.51. The summed E-state index contributed by atoms with van der Waals surface area (Å²) in [6.07, 6.45) is 0. The van der Waals surface area contributed by atoms with E-state index in [0.29, 0.717) is 6.04 Å². The van der Waals surface area contributed by atoms with Gasteiger partial charge in [-0.1, -0.05) is 6.07 Å². The second-order valence-corrected chi connectivity index (χ2v) is 6.36. The van der Waals surface area contributed by atoms with Gasteiger partial charge in [0.2, 0.25) is 0 Å². The SMILES string of the molecule is Cc1nc2ccc(CN3CCNC(C)C3)cc2s1.Cl. The van der Waals surface area contributed by atoms with Crippen LogP contribution in [0, 0.1) is 6.92 Å². The predicted octanol–water partition coefficient (Wildman–Crippen LogP) is 2.82. The molecule has 0 spiro atoms. The molecule has 3 nitrogen and oxygen atoms in total. The molecule has 1 N–H and O–H groups in total. The fraction of sp³-hybridized carbons (Fsp3) is 0.500. The predicted molar refractivity (Wildman–Crippen MR) is 84.3 cm³/mol. The van der Waals surface area contributed by atoms with Crippen molar-refractivity contribution in [1.82, 2.24) is 15.2 Å². The third-order valence-corrected chi connectivity index (χ3v) is 4.35. The van der Waals surface area contributed by atoms with Gasteiger partial charge in [-0.05, 0) is 31.5 Å². The van der Waals surface area contributed by atoms with Crippen LogP contribution in [0.4, 0.5) is 0 Å². The third-order valence-electron chi connectivity index (χ3n) is 3.42. The molecule has 0 bridgehead atoms. The van der Waals surface area contributed by atoms with Gasteiger partial charge in [-0.15, -0.1) is 23.7 Å². The lowest BCUT2D eigenvalue weighted by Gasteiger charge is -2.31. The number of fused-ring (bicyclic) bond motifs is 1. The van der Waals surface area contributed by atoms with E-state index < -0.39 is 0 Å². The summed E-state index contributed by atoms with van der Waals surface area (Å²) in [6, 6.07) is 7.27. The lowest BCUT2D eigenvalue weighted by molar-refractivity contribution is 0.200. The molecule has 0 radical (unpaired) electrons. The normalized spacial score (nSPS) is 20.4. The van der Waals surface area contributed by atoms with Crippen LogP contribution in [0.15, 0.2) is 18.2 Å². The van der Waals surface area contributed by atoms with E-state index in [9.17, 15) is 0 Å². The van der Waals surface area contributed by atoms with Crippen LogP contribution in [0.2, 0.25) is 0 Å². The fourth-order valence-electron chi connectivity index (χ4n) is 2.60. The summed E-state index contributed by atoms with van der Waals surface area (Å²) in [6.45, 7) is 8.76. The molecule has 0 saturated carbocycles. The molecule has 1 saturated heterocycles. The van der Waals surface area contributed by atoms with Gasteiger partial charge in [0.15, 0.2) is 0 Å². The Kier molecular flexibility index (Phi) is 4.79. The molecule has 5 heteroatoms. The first-order valence-corrected chi connectivity index (χ1v) is 7.34. The summed E-state index contributed by atoms with van der Waals surface area (Å²) in [5.41, 5.74) is 2.54. The number of aryl methyl sites for hydroxylation is 1. The number of benzene rings is 1. The van der Waals surface area contributed by atoms with Crippen LogP contribution in [-0.2, 0) is 6.54 Å². The van der Waals surface area contributed by atoms with E-state index in [4.69, 9.17) is 0 Å². The maximum Gasteiger partial charge on any atom is 0.0907 e. The highest BCUT2D eigenvalue weighted by Gasteiger charge is 2.15. The van der Waals surface area contributed by atoms with Crippen LogP contribution in [0.3, 0.4) is 0 Å². The minimum Gasteiger partial charge on any atom is -0.312 e. The van der Waals surface area contributed by atoms with Crippen molar-refractivity contribution < 1.29 is 0 Å². The molecular weight excluding hydrogens is 278 g/mol. The van der Waals surface area contributed by atoms with Gasteiger partial charge in [-0.3, -0.25) is 4.90 Å². The monoisotopic (exact) mass is 297 g/mol. The van der Waals surface area contributed by atoms with E-state index in [1.54, 1.807) is 11.3 Å². The van der Waals surface area contributed by atoms with Gasteiger partial charge in [0, 0.05) is 32.2 Å². The number of halogens is 1. The Hall–Kier alpha value is -0.680. The van der Waals surface area contributed by atoms with Crippen molar-refractivity contribution in [3.8, 4) is 0 Å². The number of rotatable bonds is 2. The molecule has 2 heterocycles. The van der Waals surface area contributed by atoms with Gasteiger partial charge >= 0.3 is 0 Å². The lowest BCUT2D eigenvalue weighted by atomic mass is 10.1. The number of hydrogen-bond donors (Lipinski definition) is 1. The average molecular weight is 298 g/mol. The van der Waals surface area contributed by atoms with Crippen LogP contribution in [0.5, 0.6) is 0 Å². The highest BCUT2D eigenvalue weighted by Crippen LogP contribution is 2.23. The topological polar surface area (TPSA) is 28.2 Å². The molecule has 1 aliphatic rings. The number of nitrogens with zero attached hydrogens (tertiary/aromatic N) is 2. The molecule has 1 aromatic heterocycles. The van der Waals surface area contributed by atoms with E-state index in [1.807, 2.05) is 0 Å². The molecule has 0 amide bonds. The highest BCUT2D eigenvalue weighted by atomic mass is 35.5. The highest BCUT2D eigenvalue weighted by molar-refractivity contribution is 7.18. The third kappa shape index (κ3) is 3.45. The molecule has 1 aliphatic heterocycles. The second-order valence-electron chi connectivity index (χ2n) is 5.13. The van der Waals surface area contributed by atoms with E-state index in [1.165, 1.54) is 10.3 Å². The molecule has 1 aromatic carbocycles. The summed E-state index contributed by atoms with van der Waals surface area (Å²) < 4.78 is 1.31. The largest absolute Gasteiger partial charge is 0.312 e. The first-order chi connectivity index (χ1) is 8.70. The first kappa shape index (κ1) is 14.7. The zero-order valence-corrected chi connectivity index (χ0v) is 13.0. The fourth-order valence-corrected chi connectivity index (χ4v) is 3.49. The zero-order valence-electron chi connectivity index (χ0n) is 11.3. The summed E-state index contributed by atoms with van der Waals surface area (Å²) >= 11 is 1.79. The van der Waals surface area contributed by atoms with E-state index in [-0.39, 0.29) is 12.4 Å². The van der Waals surface area contributed by atoms with Gasteiger partial charge in [-0.25, -0.2) is 4.98 Å². The van der Waals surface area contributed by atoms with Gasteiger partial charge in [0.1, 0.15) is 0 Å². The summed E-state index contributed by atoms with van der Waals surface area (Å²) in [4.78, 5) is 7.03. The minimum absolute atomic E-state index is 0.